The Morgan fingerprint density at radius 1 is 0.842 bits per heavy atom. The van der Waals surface area contributed by atoms with E-state index in [4.69, 9.17) is 0 Å². The van der Waals surface area contributed by atoms with Gasteiger partial charge in [-0.05, 0) is 34.4 Å². The van der Waals surface area contributed by atoms with Gasteiger partial charge in [0.2, 0.25) is 0 Å². The van der Waals surface area contributed by atoms with E-state index in [0.29, 0.717) is 11.1 Å². The van der Waals surface area contributed by atoms with Crippen LogP contribution in [0.25, 0.3) is 0 Å². The first-order chi connectivity index (χ1) is 8.55. The molecule has 0 aromatic heterocycles. The van der Waals surface area contributed by atoms with Crippen LogP contribution in [0.1, 0.15) is 76.0 Å². The molecule has 0 saturated carbocycles. The predicted molar refractivity (Wildman–Crippen MR) is 77.0 cm³/mol. The lowest BCUT2D eigenvalue weighted by atomic mass is 9.89. The zero-order chi connectivity index (χ0) is 15.0. The highest BCUT2D eigenvalue weighted by Crippen LogP contribution is 2.35. The van der Waals surface area contributed by atoms with Crippen molar-refractivity contribution < 1.29 is 12.3 Å². The van der Waals surface area contributed by atoms with E-state index in [9.17, 15) is 12.3 Å². The summed E-state index contributed by atoms with van der Waals surface area (Å²) in [6.07, 6.45) is 0. The first kappa shape index (κ1) is 16.2. The molecule has 0 aliphatic carbocycles. The van der Waals surface area contributed by atoms with E-state index < -0.39 is 10.2 Å². The van der Waals surface area contributed by atoms with Crippen molar-refractivity contribution in [2.24, 2.45) is 0 Å². The van der Waals surface area contributed by atoms with Crippen molar-refractivity contribution in [3.63, 3.8) is 0 Å². The highest BCUT2D eigenvalue weighted by atomic mass is 32.3. The van der Waals surface area contributed by atoms with Crippen LogP contribution in [0, 0.1) is 0 Å². The average Bonchev–Trinajstić information content (AvgIpc) is 2.25. The lowest BCUT2D eigenvalue weighted by Gasteiger charge is -2.20. The van der Waals surface area contributed by atoms with E-state index in [2.05, 4.69) is 0 Å². The number of hydrogen-bond donors (Lipinski definition) is 0. The molecule has 0 aliphatic heterocycles. The molecule has 108 valence electrons. The van der Waals surface area contributed by atoms with Crippen LogP contribution in [0.15, 0.2) is 17.0 Å². The summed E-state index contributed by atoms with van der Waals surface area (Å²) >= 11 is 0. The molecule has 19 heavy (non-hydrogen) atoms. The molecule has 0 aliphatic rings. The molecule has 0 radical (unpaired) electrons. The summed E-state index contributed by atoms with van der Waals surface area (Å²) in [6.45, 7) is 11.6. The maximum atomic E-state index is 13.7. The van der Waals surface area contributed by atoms with Gasteiger partial charge in [0.25, 0.3) is 0 Å². The third-order valence-electron chi connectivity index (χ3n) is 3.32. The van der Waals surface area contributed by atoms with E-state index in [1.807, 2.05) is 53.7 Å². The molecule has 0 heterocycles. The van der Waals surface area contributed by atoms with Gasteiger partial charge in [-0.3, -0.25) is 0 Å². The zero-order valence-corrected chi connectivity index (χ0v) is 13.3. The SMILES string of the molecule is CC(C)c1cc(C(C)C)c(S(=O)(=O)F)c(C(C)C)c1. The second-order valence-corrected chi connectivity index (χ2v) is 7.21. The Morgan fingerprint density at radius 3 is 1.42 bits per heavy atom. The summed E-state index contributed by atoms with van der Waals surface area (Å²) in [6, 6.07) is 3.65. The molecule has 0 fully saturated rings. The van der Waals surface area contributed by atoms with Crippen molar-refractivity contribution in [3.8, 4) is 0 Å². The van der Waals surface area contributed by atoms with Gasteiger partial charge in [0.15, 0.2) is 0 Å². The molecule has 1 rings (SSSR count). The van der Waals surface area contributed by atoms with E-state index >= 15 is 0 Å². The largest absolute Gasteiger partial charge is 0.332 e. The van der Waals surface area contributed by atoms with Crippen molar-refractivity contribution in [3.05, 3.63) is 28.8 Å². The Morgan fingerprint density at radius 2 is 1.21 bits per heavy atom. The second kappa shape index (κ2) is 5.61. The molecule has 1 aromatic rings. The van der Waals surface area contributed by atoms with Crippen molar-refractivity contribution in [1.29, 1.82) is 0 Å². The Balaban J connectivity index is 3.77. The van der Waals surface area contributed by atoms with Gasteiger partial charge >= 0.3 is 10.2 Å². The fraction of sp³-hybridized carbons (Fsp3) is 0.600. The zero-order valence-electron chi connectivity index (χ0n) is 12.5. The molecule has 4 heteroatoms. The summed E-state index contributed by atoms with van der Waals surface area (Å²) in [5.41, 5.74) is 2.22. The van der Waals surface area contributed by atoms with Crippen LogP contribution >= 0.6 is 0 Å². The van der Waals surface area contributed by atoms with Crippen LogP contribution < -0.4 is 0 Å². The summed E-state index contributed by atoms with van der Waals surface area (Å²) < 4.78 is 36.7. The van der Waals surface area contributed by atoms with Gasteiger partial charge in [0.1, 0.15) is 4.90 Å². The Bertz CT molecular complexity index is 529. The quantitative estimate of drug-likeness (QED) is 0.751. The smallest absolute Gasteiger partial charge is 0.189 e. The van der Waals surface area contributed by atoms with Gasteiger partial charge in [-0.25, -0.2) is 0 Å². The van der Waals surface area contributed by atoms with Crippen molar-refractivity contribution in [1.82, 2.24) is 0 Å². The minimum Gasteiger partial charge on any atom is -0.189 e. The lowest BCUT2D eigenvalue weighted by molar-refractivity contribution is 0.546. The van der Waals surface area contributed by atoms with Gasteiger partial charge < -0.3 is 0 Å². The minimum atomic E-state index is -4.70. The van der Waals surface area contributed by atoms with Crippen LogP contribution in [0.5, 0.6) is 0 Å². The van der Waals surface area contributed by atoms with Crippen LogP contribution in [-0.4, -0.2) is 8.42 Å². The molecule has 2 nitrogen and oxygen atoms in total. The summed E-state index contributed by atoms with van der Waals surface area (Å²) in [4.78, 5) is -0.123. The minimum absolute atomic E-state index is 0.0308. The number of benzene rings is 1. The van der Waals surface area contributed by atoms with Gasteiger partial charge in [0, 0.05) is 0 Å². The van der Waals surface area contributed by atoms with Crippen LogP contribution in [-0.2, 0) is 10.2 Å². The summed E-state index contributed by atoms with van der Waals surface area (Å²) in [7, 11) is -4.70. The molecule has 1 aromatic carbocycles. The van der Waals surface area contributed by atoms with Gasteiger partial charge in [-0.15, -0.1) is 3.89 Å². The Kier molecular flexibility index (Phi) is 4.77. The van der Waals surface area contributed by atoms with Crippen LogP contribution in [0.4, 0.5) is 3.89 Å². The van der Waals surface area contributed by atoms with E-state index in [0.717, 1.165) is 5.56 Å². The Labute approximate surface area is 116 Å². The molecule has 0 unspecified atom stereocenters. The topological polar surface area (TPSA) is 34.1 Å². The van der Waals surface area contributed by atoms with Crippen LogP contribution in [0.2, 0.25) is 0 Å². The number of rotatable bonds is 4. The van der Waals surface area contributed by atoms with Crippen LogP contribution in [0.3, 0.4) is 0 Å². The molecule has 0 N–H and O–H groups in total. The molecule has 0 spiro atoms. The van der Waals surface area contributed by atoms with E-state index in [1.165, 1.54) is 0 Å². The average molecular weight is 286 g/mol. The van der Waals surface area contributed by atoms with Gasteiger partial charge in [-0.1, -0.05) is 53.7 Å². The van der Waals surface area contributed by atoms with Crippen molar-refractivity contribution in [2.75, 3.05) is 0 Å². The highest BCUT2D eigenvalue weighted by Gasteiger charge is 2.26. The van der Waals surface area contributed by atoms with Gasteiger partial charge in [-0.2, -0.15) is 8.42 Å². The molecule has 0 atom stereocenters. The summed E-state index contributed by atoms with van der Waals surface area (Å²) in [5, 5.41) is 0. The molecular formula is C15H23FO2S. The summed E-state index contributed by atoms with van der Waals surface area (Å²) in [5.74, 6) is 0.222. The molecule has 0 bridgehead atoms. The molecular weight excluding hydrogens is 263 g/mol. The van der Waals surface area contributed by atoms with Crippen molar-refractivity contribution in [2.45, 2.75) is 64.2 Å². The normalized spacial score (nSPS) is 12.7. The third kappa shape index (κ3) is 3.56. The maximum absolute atomic E-state index is 13.7. The molecule has 0 amide bonds. The number of hydrogen-bond acceptors (Lipinski definition) is 2. The fourth-order valence-corrected chi connectivity index (χ4v) is 3.32. The van der Waals surface area contributed by atoms with Gasteiger partial charge in [0.05, 0.1) is 0 Å². The lowest BCUT2D eigenvalue weighted by Crippen LogP contribution is -2.09. The maximum Gasteiger partial charge on any atom is 0.332 e. The molecule has 0 saturated heterocycles. The standard InChI is InChI=1S/C15H23FO2S/c1-9(2)12-7-13(10(3)4)15(19(16,17)18)14(8-12)11(5)6/h7-11H,1-6H3. The second-order valence-electron chi connectivity index (χ2n) is 5.93. The number of halogens is 1. The predicted octanol–water partition coefficient (Wildman–Crippen LogP) is 4.72. The first-order valence-corrected chi connectivity index (χ1v) is 8.06. The first-order valence-electron chi connectivity index (χ1n) is 6.68. The highest BCUT2D eigenvalue weighted by molar-refractivity contribution is 7.86. The van der Waals surface area contributed by atoms with Crippen molar-refractivity contribution >= 4 is 10.2 Å². The monoisotopic (exact) mass is 286 g/mol. The Hall–Kier alpha value is -0.900. The van der Waals surface area contributed by atoms with E-state index in [-0.39, 0.29) is 22.6 Å². The fourth-order valence-electron chi connectivity index (χ4n) is 2.17. The third-order valence-corrected chi connectivity index (χ3v) is 4.28. The van der Waals surface area contributed by atoms with E-state index in [1.54, 1.807) is 0 Å².